The maximum absolute atomic E-state index is 12.0. The molecule has 0 atom stereocenters. The van der Waals surface area contributed by atoms with E-state index < -0.39 is 0 Å². The van der Waals surface area contributed by atoms with E-state index in [-0.39, 0.29) is 11.7 Å². The number of ether oxygens (including phenoxy) is 2. The van der Waals surface area contributed by atoms with Crippen molar-refractivity contribution in [2.75, 3.05) is 25.3 Å². The van der Waals surface area contributed by atoms with Gasteiger partial charge in [-0.25, -0.2) is 4.98 Å². The van der Waals surface area contributed by atoms with Crippen LogP contribution >= 0.6 is 23.4 Å². The summed E-state index contributed by atoms with van der Waals surface area (Å²) in [5, 5.41) is 10.3. The minimum atomic E-state index is -0.213. The zero-order valence-corrected chi connectivity index (χ0v) is 13.8. The fourth-order valence-electron chi connectivity index (χ4n) is 1.66. The van der Waals surface area contributed by atoms with Crippen molar-refractivity contribution in [2.24, 2.45) is 0 Å². The molecule has 1 amide bonds. The molecule has 1 aromatic carbocycles. The molecule has 2 aromatic rings. The molecule has 7 nitrogen and oxygen atoms in total. The van der Waals surface area contributed by atoms with E-state index in [2.05, 4.69) is 20.5 Å². The molecule has 0 bridgehead atoms. The van der Waals surface area contributed by atoms with Crippen molar-refractivity contribution < 1.29 is 14.3 Å². The molecule has 2 N–H and O–H groups in total. The number of aryl methyl sites for hydroxylation is 1. The fourth-order valence-corrected chi connectivity index (χ4v) is 2.54. The van der Waals surface area contributed by atoms with E-state index in [0.29, 0.717) is 33.2 Å². The van der Waals surface area contributed by atoms with E-state index in [0.717, 1.165) is 0 Å². The Bertz CT molecular complexity index is 677. The number of thioether (sulfide) groups is 1. The lowest BCUT2D eigenvalue weighted by atomic mass is 10.2. The van der Waals surface area contributed by atoms with Gasteiger partial charge in [-0.1, -0.05) is 23.4 Å². The van der Waals surface area contributed by atoms with Crippen molar-refractivity contribution in [3.63, 3.8) is 0 Å². The number of carbonyl (C=O) groups is 1. The molecule has 0 saturated heterocycles. The second kappa shape index (κ2) is 7.37. The lowest BCUT2D eigenvalue weighted by Gasteiger charge is -2.12. The summed E-state index contributed by atoms with van der Waals surface area (Å²) in [6.45, 7) is 1.79. The van der Waals surface area contributed by atoms with Gasteiger partial charge in [0.15, 0.2) is 0 Å². The molecule has 0 unspecified atom stereocenters. The van der Waals surface area contributed by atoms with Crippen molar-refractivity contribution in [1.29, 1.82) is 0 Å². The van der Waals surface area contributed by atoms with E-state index in [1.54, 1.807) is 19.1 Å². The lowest BCUT2D eigenvalue weighted by molar-refractivity contribution is -0.113. The quantitative estimate of drug-likeness (QED) is 0.784. The first-order chi connectivity index (χ1) is 10.5. The summed E-state index contributed by atoms with van der Waals surface area (Å²) in [7, 11) is 3.00. The normalized spacial score (nSPS) is 10.4. The highest BCUT2D eigenvalue weighted by Crippen LogP contribution is 2.35. The number of carbonyl (C=O) groups excluding carboxylic acids is 1. The Morgan fingerprint density at radius 1 is 1.36 bits per heavy atom. The summed E-state index contributed by atoms with van der Waals surface area (Å²) in [6, 6.07) is 3.20. The Morgan fingerprint density at radius 2 is 2.09 bits per heavy atom. The second-order valence-electron chi connectivity index (χ2n) is 4.23. The monoisotopic (exact) mass is 342 g/mol. The van der Waals surface area contributed by atoms with Gasteiger partial charge in [0, 0.05) is 12.1 Å². The summed E-state index contributed by atoms with van der Waals surface area (Å²) in [6.07, 6.45) is 0. The molecule has 9 heteroatoms. The number of H-pyrrole nitrogens is 1. The predicted octanol–water partition coefficient (Wildman–Crippen LogP) is 2.51. The molecule has 22 heavy (non-hydrogen) atoms. The number of halogens is 1. The van der Waals surface area contributed by atoms with Gasteiger partial charge in [0.25, 0.3) is 0 Å². The van der Waals surface area contributed by atoms with Crippen LogP contribution in [-0.2, 0) is 4.79 Å². The van der Waals surface area contributed by atoms with Crippen LogP contribution < -0.4 is 14.8 Å². The van der Waals surface area contributed by atoms with Crippen molar-refractivity contribution in [3.05, 3.63) is 23.0 Å². The van der Waals surface area contributed by atoms with Gasteiger partial charge in [0.05, 0.1) is 30.7 Å². The zero-order chi connectivity index (χ0) is 16.1. The van der Waals surface area contributed by atoms with Gasteiger partial charge in [0.2, 0.25) is 11.1 Å². The zero-order valence-electron chi connectivity index (χ0n) is 12.3. The maximum Gasteiger partial charge on any atom is 0.234 e. The van der Waals surface area contributed by atoms with E-state index in [1.165, 1.54) is 26.0 Å². The van der Waals surface area contributed by atoms with E-state index in [9.17, 15) is 4.79 Å². The number of benzene rings is 1. The number of methoxy groups -OCH3 is 2. The lowest BCUT2D eigenvalue weighted by Crippen LogP contribution is -2.15. The van der Waals surface area contributed by atoms with Gasteiger partial charge < -0.3 is 14.8 Å². The van der Waals surface area contributed by atoms with E-state index >= 15 is 0 Å². The Labute approximate surface area is 136 Å². The number of hydrogen-bond donors (Lipinski definition) is 2. The van der Waals surface area contributed by atoms with Gasteiger partial charge in [0.1, 0.15) is 17.3 Å². The minimum Gasteiger partial charge on any atom is -0.495 e. The third kappa shape index (κ3) is 4.05. The third-order valence-corrected chi connectivity index (χ3v) is 3.80. The maximum atomic E-state index is 12.0. The molecule has 0 aliphatic rings. The first kappa shape index (κ1) is 16.4. The number of nitrogens with one attached hydrogen (secondary N) is 2. The highest BCUT2D eigenvalue weighted by atomic mass is 35.5. The van der Waals surface area contributed by atoms with Crippen LogP contribution in [0, 0.1) is 6.92 Å². The fraction of sp³-hybridized carbons (Fsp3) is 0.308. The first-order valence-corrected chi connectivity index (χ1v) is 7.63. The standard InChI is InChI=1S/C13H15ClN4O3S/c1-7-15-13(18-17-7)22-6-12(19)16-9-5-10(20-2)8(14)4-11(9)21-3/h4-5H,6H2,1-3H3,(H,16,19)(H,15,17,18). The van der Waals surface area contributed by atoms with Crippen LogP contribution in [0.3, 0.4) is 0 Å². The molecule has 0 aliphatic carbocycles. The number of nitrogens with zero attached hydrogens (tertiary/aromatic N) is 2. The molecule has 0 fully saturated rings. The van der Waals surface area contributed by atoms with Crippen molar-refractivity contribution in [2.45, 2.75) is 12.1 Å². The Morgan fingerprint density at radius 3 is 2.68 bits per heavy atom. The number of hydrogen-bond acceptors (Lipinski definition) is 6. The number of aromatic nitrogens is 3. The SMILES string of the molecule is COc1cc(NC(=O)CSc2n[nH]c(C)n2)c(OC)cc1Cl. The second-order valence-corrected chi connectivity index (χ2v) is 5.58. The van der Waals surface area contributed by atoms with Crippen LogP contribution in [0.5, 0.6) is 11.5 Å². The molecule has 0 spiro atoms. The Balaban J connectivity index is 2.04. The van der Waals surface area contributed by atoms with E-state index in [1.807, 2.05) is 0 Å². The molecule has 0 aliphatic heterocycles. The number of anilines is 1. The average Bonchev–Trinajstić information content (AvgIpc) is 2.92. The van der Waals surface area contributed by atoms with Gasteiger partial charge in [-0.3, -0.25) is 9.89 Å². The summed E-state index contributed by atoms with van der Waals surface area (Å²) >= 11 is 7.25. The van der Waals surface area contributed by atoms with Gasteiger partial charge in [-0.2, -0.15) is 0 Å². The Kier molecular flexibility index (Phi) is 5.51. The molecule has 1 heterocycles. The molecule has 1 aromatic heterocycles. The van der Waals surface area contributed by atoms with Crippen LogP contribution in [0.15, 0.2) is 17.3 Å². The van der Waals surface area contributed by atoms with Crippen molar-refractivity contribution >= 4 is 35.0 Å². The van der Waals surface area contributed by atoms with Gasteiger partial charge in [-0.15, -0.1) is 5.10 Å². The van der Waals surface area contributed by atoms with Crippen LogP contribution in [0.2, 0.25) is 5.02 Å². The number of aromatic amines is 1. The smallest absolute Gasteiger partial charge is 0.234 e. The largest absolute Gasteiger partial charge is 0.495 e. The molecular formula is C13H15ClN4O3S. The summed E-state index contributed by atoms with van der Waals surface area (Å²) in [5.41, 5.74) is 0.487. The summed E-state index contributed by atoms with van der Waals surface area (Å²) < 4.78 is 10.3. The Hall–Kier alpha value is -1.93. The minimum absolute atomic E-state index is 0.172. The van der Waals surface area contributed by atoms with Crippen LogP contribution in [-0.4, -0.2) is 41.1 Å². The third-order valence-electron chi connectivity index (χ3n) is 2.66. The number of rotatable bonds is 6. The molecule has 118 valence electrons. The predicted molar refractivity (Wildman–Crippen MR) is 85.0 cm³/mol. The van der Waals surface area contributed by atoms with Crippen molar-refractivity contribution in [3.8, 4) is 11.5 Å². The van der Waals surface area contributed by atoms with Crippen LogP contribution in [0.1, 0.15) is 5.82 Å². The van der Waals surface area contributed by atoms with E-state index in [4.69, 9.17) is 21.1 Å². The molecule has 2 rings (SSSR count). The van der Waals surface area contributed by atoms with Crippen LogP contribution in [0.4, 0.5) is 5.69 Å². The van der Waals surface area contributed by atoms with Gasteiger partial charge >= 0.3 is 0 Å². The molecule has 0 saturated carbocycles. The molecular weight excluding hydrogens is 328 g/mol. The van der Waals surface area contributed by atoms with Crippen LogP contribution in [0.25, 0.3) is 0 Å². The van der Waals surface area contributed by atoms with Gasteiger partial charge in [-0.05, 0) is 6.92 Å². The first-order valence-electron chi connectivity index (χ1n) is 6.26. The molecule has 0 radical (unpaired) electrons. The summed E-state index contributed by atoms with van der Waals surface area (Å²) in [4.78, 5) is 16.1. The average molecular weight is 343 g/mol. The van der Waals surface area contributed by atoms with Crippen molar-refractivity contribution in [1.82, 2.24) is 15.2 Å². The highest BCUT2D eigenvalue weighted by Gasteiger charge is 2.13. The topological polar surface area (TPSA) is 89.1 Å². The summed E-state index contributed by atoms with van der Waals surface area (Å²) in [5.74, 6) is 1.57. The highest BCUT2D eigenvalue weighted by molar-refractivity contribution is 7.99. The number of amides is 1.